The van der Waals surface area contributed by atoms with E-state index in [1.807, 2.05) is 6.07 Å². The van der Waals surface area contributed by atoms with E-state index in [-0.39, 0.29) is 5.41 Å². The van der Waals surface area contributed by atoms with Crippen molar-refractivity contribution in [2.45, 2.75) is 5.41 Å². The van der Waals surface area contributed by atoms with Crippen molar-refractivity contribution in [3.63, 3.8) is 0 Å². The molecular weight excluding hydrogens is 424 g/mol. The molecular formula is C33H20N2. The molecule has 8 rings (SSSR count). The highest BCUT2D eigenvalue weighted by atomic mass is 14.8. The highest BCUT2D eigenvalue weighted by Crippen LogP contribution is 2.62. The molecule has 0 unspecified atom stereocenters. The van der Waals surface area contributed by atoms with Crippen molar-refractivity contribution in [3.8, 4) is 33.5 Å². The number of pyridine rings is 2. The van der Waals surface area contributed by atoms with Crippen LogP contribution in [0.1, 0.15) is 22.3 Å². The Kier molecular flexibility index (Phi) is 3.62. The van der Waals surface area contributed by atoms with E-state index in [4.69, 9.17) is 4.98 Å². The molecule has 2 aliphatic carbocycles. The maximum absolute atomic E-state index is 4.91. The first kappa shape index (κ1) is 18.8. The lowest BCUT2D eigenvalue weighted by molar-refractivity contribution is 0.794. The third-order valence-electron chi connectivity index (χ3n) is 7.76. The van der Waals surface area contributed by atoms with Crippen molar-refractivity contribution < 1.29 is 0 Å². The Balaban J connectivity index is 1.47. The van der Waals surface area contributed by atoms with Crippen LogP contribution in [0.5, 0.6) is 0 Å². The van der Waals surface area contributed by atoms with Gasteiger partial charge in [0.25, 0.3) is 0 Å². The number of hydrogen-bond donors (Lipinski definition) is 0. The predicted molar refractivity (Wildman–Crippen MR) is 141 cm³/mol. The van der Waals surface area contributed by atoms with E-state index in [0.717, 1.165) is 22.3 Å². The van der Waals surface area contributed by atoms with Gasteiger partial charge in [-0.1, -0.05) is 84.9 Å². The number of rotatable bonds is 1. The molecule has 0 N–H and O–H groups in total. The molecule has 4 aromatic carbocycles. The maximum Gasteiger partial charge on any atom is 0.159 e. The van der Waals surface area contributed by atoms with Crippen LogP contribution in [-0.4, -0.2) is 9.97 Å². The van der Waals surface area contributed by atoms with Crippen LogP contribution in [0.2, 0.25) is 0 Å². The zero-order chi connectivity index (χ0) is 23.0. The molecule has 35 heavy (non-hydrogen) atoms. The Labute approximate surface area is 203 Å². The molecule has 2 heteroatoms. The Morgan fingerprint density at radius 1 is 0.486 bits per heavy atom. The van der Waals surface area contributed by atoms with Crippen molar-refractivity contribution in [2.75, 3.05) is 0 Å². The Hall–Kier alpha value is -4.56. The van der Waals surface area contributed by atoms with Gasteiger partial charge in [0, 0.05) is 17.1 Å². The predicted octanol–water partition coefficient (Wildman–Crippen LogP) is 7.64. The standard InChI is InChI=1S/C33H20N2/c1-4-12-27-23(9-1)24-10-2-5-13-28(24)33(27)29-14-6-3-11-25(29)26-17-15-22(20-30(26)33)31-18-16-21-8-7-19-34-32(21)35-31/h1-20H. The lowest BCUT2D eigenvalue weighted by Crippen LogP contribution is -2.25. The molecule has 2 aliphatic rings. The van der Waals surface area contributed by atoms with Gasteiger partial charge < -0.3 is 0 Å². The Morgan fingerprint density at radius 2 is 1.09 bits per heavy atom. The Morgan fingerprint density at radius 3 is 1.74 bits per heavy atom. The summed E-state index contributed by atoms with van der Waals surface area (Å²) in [5.74, 6) is 0. The third-order valence-corrected chi connectivity index (χ3v) is 7.76. The van der Waals surface area contributed by atoms with Crippen molar-refractivity contribution in [1.82, 2.24) is 9.97 Å². The van der Waals surface area contributed by atoms with Gasteiger partial charge in [0.1, 0.15) is 0 Å². The monoisotopic (exact) mass is 444 g/mol. The number of aromatic nitrogens is 2. The van der Waals surface area contributed by atoms with Crippen LogP contribution in [0.25, 0.3) is 44.5 Å². The minimum atomic E-state index is -0.329. The van der Waals surface area contributed by atoms with Crippen molar-refractivity contribution in [1.29, 1.82) is 0 Å². The van der Waals surface area contributed by atoms with Crippen LogP contribution in [0, 0.1) is 0 Å². The van der Waals surface area contributed by atoms with Gasteiger partial charge in [-0.25, -0.2) is 9.97 Å². The van der Waals surface area contributed by atoms with Gasteiger partial charge in [-0.2, -0.15) is 0 Å². The summed E-state index contributed by atoms with van der Waals surface area (Å²) in [4.78, 5) is 9.40. The molecule has 6 aromatic rings. The number of hydrogen-bond acceptors (Lipinski definition) is 2. The number of fused-ring (bicyclic) bond motifs is 11. The molecule has 2 nitrogen and oxygen atoms in total. The van der Waals surface area contributed by atoms with E-state index in [1.165, 1.54) is 44.5 Å². The molecule has 2 aromatic heterocycles. The normalized spacial score (nSPS) is 13.9. The minimum Gasteiger partial charge on any atom is -0.237 e. The average molecular weight is 445 g/mol. The van der Waals surface area contributed by atoms with Crippen LogP contribution in [-0.2, 0) is 5.41 Å². The fraction of sp³-hybridized carbons (Fsp3) is 0.0303. The fourth-order valence-electron chi connectivity index (χ4n) is 6.37. The van der Waals surface area contributed by atoms with Crippen LogP contribution < -0.4 is 0 Å². The third kappa shape index (κ3) is 2.33. The summed E-state index contributed by atoms with van der Waals surface area (Å²) in [5.41, 5.74) is 13.2. The van der Waals surface area contributed by atoms with E-state index in [2.05, 4.69) is 114 Å². The van der Waals surface area contributed by atoms with Crippen LogP contribution in [0.4, 0.5) is 0 Å². The minimum absolute atomic E-state index is 0.329. The largest absolute Gasteiger partial charge is 0.237 e. The lowest BCUT2D eigenvalue weighted by Gasteiger charge is -2.30. The average Bonchev–Trinajstić information content (AvgIpc) is 3.40. The van der Waals surface area contributed by atoms with Crippen molar-refractivity contribution in [2.24, 2.45) is 0 Å². The molecule has 162 valence electrons. The fourth-order valence-corrected chi connectivity index (χ4v) is 6.37. The van der Waals surface area contributed by atoms with Gasteiger partial charge in [-0.05, 0) is 74.8 Å². The zero-order valence-electron chi connectivity index (χ0n) is 18.9. The van der Waals surface area contributed by atoms with Crippen LogP contribution in [0.3, 0.4) is 0 Å². The highest BCUT2D eigenvalue weighted by Gasteiger charge is 2.51. The number of nitrogens with zero attached hydrogens (tertiary/aromatic N) is 2. The summed E-state index contributed by atoms with van der Waals surface area (Å²) in [5, 5.41) is 1.06. The van der Waals surface area contributed by atoms with E-state index in [0.29, 0.717) is 0 Å². The second-order valence-electron chi connectivity index (χ2n) is 9.39. The van der Waals surface area contributed by atoms with Crippen LogP contribution in [0.15, 0.2) is 121 Å². The van der Waals surface area contributed by atoms with E-state index < -0.39 is 0 Å². The summed E-state index contributed by atoms with van der Waals surface area (Å²) in [6.07, 6.45) is 1.81. The molecule has 0 amide bonds. The second kappa shape index (κ2) is 6.74. The van der Waals surface area contributed by atoms with Gasteiger partial charge in [0.05, 0.1) is 11.1 Å². The maximum atomic E-state index is 4.91. The zero-order valence-corrected chi connectivity index (χ0v) is 18.9. The highest BCUT2D eigenvalue weighted by molar-refractivity contribution is 5.95. The first-order valence-corrected chi connectivity index (χ1v) is 12.0. The van der Waals surface area contributed by atoms with Gasteiger partial charge in [-0.3, -0.25) is 0 Å². The smallest absolute Gasteiger partial charge is 0.159 e. The molecule has 0 radical (unpaired) electrons. The van der Waals surface area contributed by atoms with E-state index in [1.54, 1.807) is 6.20 Å². The molecule has 2 heterocycles. The molecule has 0 aliphatic heterocycles. The summed E-state index contributed by atoms with van der Waals surface area (Å²) in [6, 6.07) is 41.8. The Bertz CT molecular complexity index is 1750. The molecule has 0 saturated heterocycles. The first-order valence-electron chi connectivity index (χ1n) is 12.0. The van der Waals surface area contributed by atoms with E-state index in [9.17, 15) is 0 Å². The van der Waals surface area contributed by atoms with Gasteiger partial charge in [-0.15, -0.1) is 0 Å². The van der Waals surface area contributed by atoms with Crippen LogP contribution >= 0.6 is 0 Å². The second-order valence-corrected chi connectivity index (χ2v) is 9.39. The summed E-state index contributed by atoms with van der Waals surface area (Å²) in [6.45, 7) is 0. The molecule has 0 bridgehead atoms. The van der Waals surface area contributed by atoms with E-state index >= 15 is 0 Å². The SMILES string of the molecule is c1ccc2c(c1)-c1ccccc1C21c2ccccc2-c2ccc(-c3ccc4cccnc4n3)cc21. The number of benzene rings is 4. The topological polar surface area (TPSA) is 25.8 Å². The van der Waals surface area contributed by atoms with Crippen molar-refractivity contribution >= 4 is 11.0 Å². The molecule has 1 spiro atoms. The summed E-state index contributed by atoms with van der Waals surface area (Å²) < 4.78 is 0. The van der Waals surface area contributed by atoms with Gasteiger partial charge in [0.15, 0.2) is 5.65 Å². The first-order chi connectivity index (χ1) is 17.4. The summed E-state index contributed by atoms with van der Waals surface area (Å²) >= 11 is 0. The molecule has 0 fully saturated rings. The lowest BCUT2D eigenvalue weighted by atomic mass is 9.70. The van der Waals surface area contributed by atoms with Crippen molar-refractivity contribution in [3.05, 3.63) is 144 Å². The quantitative estimate of drug-likeness (QED) is 0.260. The van der Waals surface area contributed by atoms with Gasteiger partial charge in [0.2, 0.25) is 0 Å². The van der Waals surface area contributed by atoms with Gasteiger partial charge >= 0.3 is 0 Å². The molecule has 0 atom stereocenters. The summed E-state index contributed by atoms with van der Waals surface area (Å²) in [7, 11) is 0. The molecule has 0 saturated carbocycles.